The molecular weight excluding hydrogens is 308 g/mol. The fourth-order valence-electron chi connectivity index (χ4n) is 2.46. The molecule has 0 radical (unpaired) electrons. The van der Waals surface area contributed by atoms with Gasteiger partial charge in [-0.1, -0.05) is 28.8 Å². The normalized spacial score (nSPS) is 23.1. The van der Waals surface area contributed by atoms with Gasteiger partial charge in [0.05, 0.1) is 12.1 Å². The van der Waals surface area contributed by atoms with Crippen molar-refractivity contribution in [2.75, 3.05) is 5.73 Å². The molecule has 1 saturated carbocycles. The van der Waals surface area contributed by atoms with E-state index >= 15 is 0 Å². The van der Waals surface area contributed by atoms with Gasteiger partial charge in [0.15, 0.2) is 0 Å². The number of halogens is 1. The summed E-state index contributed by atoms with van der Waals surface area (Å²) >= 11 is 3.34. The number of benzene rings is 1. The summed E-state index contributed by atoms with van der Waals surface area (Å²) in [5.74, 6) is -0.170. The Morgan fingerprint density at radius 3 is 2.79 bits per heavy atom. The molecule has 0 heterocycles. The minimum absolute atomic E-state index is 0.152. The van der Waals surface area contributed by atoms with Crippen molar-refractivity contribution in [3.63, 3.8) is 0 Å². The van der Waals surface area contributed by atoms with E-state index in [9.17, 15) is 9.90 Å². The smallest absolute Gasteiger partial charge is 0.251 e. The Morgan fingerprint density at radius 1 is 1.42 bits per heavy atom. The molecule has 1 fully saturated rings. The number of anilines is 1. The van der Waals surface area contributed by atoms with Gasteiger partial charge < -0.3 is 16.2 Å². The first-order valence-corrected chi connectivity index (χ1v) is 7.33. The molecule has 104 valence electrons. The highest BCUT2D eigenvalue weighted by atomic mass is 79.9. The Labute approximate surface area is 121 Å². The maximum Gasteiger partial charge on any atom is 0.251 e. The third-order valence-electron chi connectivity index (χ3n) is 3.70. The van der Waals surface area contributed by atoms with Gasteiger partial charge in [-0.2, -0.15) is 0 Å². The summed E-state index contributed by atoms with van der Waals surface area (Å²) in [6.45, 7) is 1.83. The number of hydrogen-bond acceptors (Lipinski definition) is 3. The lowest BCUT2D eigenvalue weighted by atomic mass is 9.92. The number of carbonyl (C=O) groups excluding carboxylic acids is 1. The molecule has 1 aromatic carbocycles. The topological polar surface area (TPSA) is 75.4 Å². The number of nitrogens with two attached hydrogens (primary N) is 1. The van der Waals surface area contributed by atoms with Crippen LogP contribution in [0, 0.1) is 6.92 Å². The lowest BCUT2D eigenvalue weighted by Gasteiger charge is -2.28. The zero-order chi connectivity index (χ0) is 14.0. The zero-order valence-corrected chi connectivity index (χ0v) is 12.5. The van der Waals surface area contributed by atoms with E-state index in [0.29, 0.717) is 11.3 Å². The molecule has 0 aromatic heterocycles. The number of carbonyl (C=O) groups is 1. The molecule has 1 aromatic rings. The van der Waals surface area contributed by atoms with Gasteiger partial charge in [-0.15, -0.1) is 0 Å². The first-order valence-electron chi connectivity index (χ1n) is 6.53. The highest BCUT2D eigenvalue weighted by Crippen LogP contribution is 2.24. The molecule has 0 aliphatic heterocycles. The molecular formula is C14H19BrN2O2. The van der Waals surface area contributed by atoms with Gasteiger partial charge in [-0.25, -0.2) is 0 Å². The first kappa shape index (κ1) is 14.3. The highest BCUT2D eigenvalue weighted by Gasteiger charge is 2.25. The molecule has 2 atom stereocenters. The molecule has 1 aliphatic carbocycles. The van der Waals surface area contributed by atoms with Crippen LogP contribution in [-0.2, 0) is 0 Å². The van der Waals surface area contributed by atoms with Gasteiger partial charge in [0.25, 0.3) is 5.91 Å². The van der Waals surface area contributed by atoms with Gasteiger partial charge in [-0.3, -0.25) is 4.79 Å². The van der Waals surface area contributed by atoms with E-state index in [2.05, 4.69) is 21.2 Å². The largest absolute Gasteiger partial charge is 0.398 e. The maximum absolute atomic E-state index is 12.3. The van der Waals surface area contributed by atoms with Gasteiger partial charge in [0, 0.05) is 15.7 Å². The second-order valence-corrected chi connectivity index (χ2v) is 6.02. The quantitative estimate of drug-likeness (QED) is 0.730. The number of nitrogens with one attached hydrogen (secondary N) is 1. The van der Waals surface area contributed by atoms with E-state index in [0.717, 1.165) is 35.7 Å². The number of aliphatic hydroxyl groups is 1. The van der Waals surface area contributed by atoms with Crippen LogP contribution in [-0.4, -0.2) is 23.2 Å². The van der Waals surface area contributed by atoms with Gasteiger partial charge in [0.2, 0.25) is 0 Å². The van der Waals surface area contributed by atoms with Crippen molar-refractivity contribution in [2.45, 2.75) is 44.8 Å². The van der Waals surface area contributed by atoms with E-state index in [-0.39, 0.29) is 11.9 Å². The molecule has 1 aliphatic rings. The second-order valence-electron chi connectivity index (χ2n) is 5.10. The molecule has 1 amide bonds. The van der Waals surface area contributed by atoms with Crippen molar-refractivity contribution < 1.29 is 9.90 Å². The molecule has 0 bridgehead atoms. The molecule has 0 unspecified atom stereocenters. The third-order valence-corrected chi connectivity index (χ3v) is 4.16. The minimum atomic E-state index is -0.442. The van der Waals surface area contributed by atoms with Crippen LogP contribution < -0.4 is 11.1 Å². The summed E-state index contributed by atoms with van der Waals surface area (Å²) in [5.41, 5.74) is 7.78. The van der Waals surface area contributed by atoms with E-state index in [1.807, 2.05) is 6.92 Å². The fraction of sp³-hybridized carbons (Fsp3) is 0.500. The van der Waals surface area contributed by atoms with Crippen molar-refractivity contribution >= 4 is 27.5 Å². The van der Waals surface area contributed by atoms with Crippen LogP contribution in [0.3, 0.4) is 0 Å². The van der Waals surface area contributed by atoms with Crippen molar-refractivity contribution in [3.8, 4) is 0 Å². The molecule has 0 saturated heterocycles. The number of nitrogen functional groups attached to an aromatic ring is 1. The Morgan fingerprint density at radius 2 is 2.11 bits per heavy atom. The van der Waals surface area contributed by atoms with Gasteiger partial charge >= 0.3 is 0 Å². The second kappa shape index (κ2) is 5.92. The van der Waals surface area contributed by atoms with Crippen LogP contribution in [0.5, 0.6) is 0 Å². The first-order chi connectivity index (χ1) is 8.99. The average Bonchev–Trinajstić information content (AvgIpc) is 2.36. The Kier molecular flexibility index (Phi) is 4.47. The fourth-order valence-corrected chi connectivity index (χ4v) is 2.94. The van der Waals surface area contributed by atoms with Crippen LogP contribution in [0.4, 0.5) is 5.69 Å². The summed E-state index contributed by atoms with van der Waals surface area (Å²) in [4.78, 5) is 12.3. The van der Waals surface area contributed by atoms with Crippen LogP contribution in [0.25, 0.3) is 0 Å². The predicted molar refractivity (Wildman–Crippen MR) is 79.0 cm³/mol. The molecule has 2 rings (SSSR count). The third kappa shape index (κ3) is 3.28. The predicted octanol–water partition coefficient (Wildman–Crippen LogP) is 2.37. The van der Waals surface area contributed by atoms with E-state index in [1.165, 1.54) is 0 Å². The Balaban J connectivity index is 2.15. The van der Waals surface area contributed by atoms with E-state index < -0.39 is 6.10 Å². The van der Waals surface area contributed by atoms with Crippen molar-refractivity contribution in [1.29, 1.82) is 0 Å². The van der Waals surface area contributed by atoms with Crippen LogP contribution >= 0.6 is 15.9 Å². The molecule has 5 heteroatoms. The highest BCUT2D eigenvalue weighted by molar-refractivity contribution is 9.10. The Hall–Kier alpha value is -1.07. The summed E-state index contributed by atoms with van der Waals surface area (Å²) in [6.07, 6.45) is 3.21. The molecule has 4 N–H and O–H groups in total. The zero-order valence-electron chi connectivity index (χ0n) is 10.9. The number of aliphatic hydroxyl groups excluding tert-OH is 1. The number of hydrogen-bond donors (Lipinski definition) is 3. The number of amides is 1. The monoisotopic (exact) mass is 326 g/mol. The SMILES string of the molecule is Cc1c(N)cc(Br)cc1C(=O)N[C@@H]1CCCC[C@H]1O. The summed E-state index contributed by atoms with van der Waals surface area (Å²) in [6, 6.07) is 3.39. The van der Waals surface area contributed by atoms with Gasteiger partial charge in [-0.05, 0) is 37.5 Å². The van der Waals surface area contributed by atoms with Crippen LogP contribution in [0.2, 0.25) is 0 Å². The van der Waals surface area contributed by atoms with E-state index in [1.54, 1.807) is 12.1 Å². The van der Waals surface area contributed by atoms with Crippen LogP contribution in [0.15, 0.2) is 16.6 Å². The van der Waals surface area contributed by atoms with Crippen LogP contribution in [0.1, 0.15) is 41.6 Å². The lowest BCUT2D eigenvalue weighted by Crippen LogP contribution is -2.45. The Bertz CT molecular complexity index is 491. The minimum Gasteiger partial charge on any atom is -0.398 e. The summed E-state index contributed by atoms with van der Waals surface area (Å²) < 4.78 is 0.782. The van der Waals surface area contributed by atoms with Gasteiger partial charge in [0.1, 0.15) is 0 Å². The number of rotatable bonds is 2. The average molecular weight is 327 g/mol. The summed E-state index contributed by atoms with van der Waals surface area (Å²) in [7, 11) is 0. The van der Waals surface area contributed by atoms with Crippen molar-refractivity contribution in [1.82, 2.24) is 5.32 Å². The molecule has 19 heavy (non-hydrogen) atoms. The molecule has 4 nitrogen and oxygen atoms in total. The van der Waals surface area contributed by atoms with Crippen molar-refractivity contribution in [2.24, 2.45) is 0 Å². The maximum atomic E-state index is 12.3. The lowest BCUT2D eigenvalue weighted by molar-refractivity contribution is 0.0717. The molecule has 0 spiro atoms. The standard InChI is InChI=1S/C14H19BrN2O2/c1-8-10(6-9(15)7-11(8)16)14(19)17-12-4-2-3-5-13(12)18/h6-7,12-13,18H,2-5,16H2,1H3,(H,17,19)/t12-,13-/m1/s1. The van der Waals surface area contributed by atoms with Crippen molar-refractivity contribution in [3.05, 3.63) is 27.7 Å². The summed E-state index contributed by atoms with van der Waals surface area (Å²) in [5, 5.41) is 12.8. The van der Waals surface area contributed by atoms with E-state index in [4.69, 9.17) is 5.73 Å².